The predicted molar refractivity (Wildman–Crippen MR) is 114 cm³/mol. The third-order valence-corrected chi connectivity index (χ3v) is 5.16. The van der Waals surface area contributed by atoms with Crippen LogP contribution in [-0.4, -0.2) is 49.0 Å². The summed E-state index contributed by atoms with van der Waals surface area (Å²) in [6.07, 6.45) is -3.24. The minimum atomic E-state index is -4.76. The largest absolute Gasteiger partial charge is 0.490 e. The summed E-state index contributed by atoms with van der Waals surface area (Å²) in [6, 6.07) is 6.89. The number of ketones is 1. The number of carbonyl (C=O) groups excluding carboxylic acids is 2. The summed E-state index contributed by atoms with van der Waals surface area (Å²) in [5.41, 5.74) is -1.16. The molecule has 0 N–H and O–H groups in total. The van der Waals surface area contributed by atoms with Gasteiger partial charge in [-0.1, -0.05) is 17.7 Å². The maximum absolute atomic E-state index is 13.2. The standard InChI is InChI=1S/C23H20ClF4NO4/c1-14(30)19-10-16(24)4-6-21(19)33-13-18-12-29(8-9-32-18)22(31)7-3-15-2-5-17(25)11-20(15)23(26,27)28/h2-7,10-11,18H,8-9,12-13H2,1H3/b7-3+. The molecule has 1 fully saturated rings. The molecule has 10 heteroatoms. The first kappa shape index (κ1) is 24.7. The molecule has 0 aliphatic carbocycles. The Morgan fingerprint density at radius 2 is 2.00 bits per heavy atom. The van der Waals surface area contributed by atoms with E-state index in [9.17, 15) is 27.2 Å². The number of Topliss-reactive ketones (excluding diaryl/α,β-unsaturated/α-hetero) is 1. The van der Waals surface area contributed by atoms with Crippen LogP contribution in [0.1, 0.15) is 28.4 Å². The molecule has 1 aliphatic rings. The molecule has 1 amide bonds. The Balaban J connectivity index is 1.64. The summed E-state index contributed by atoms with van der Waals surface area (Å²) in [6.45, 7) is 2.02. The SMILES string of the molecule is CC(=O)c1cc(Cl)ccc1OCC1CN(C(=O)/C=C/c2ccc(F)cc2C(F)(F)F)CCO1. The maximum atomic E-state index is 13.2. The molecule has 0 spiro atoms. The van der Waals surface area contributed by atoms with Gasteiger partial charge in [0.1, 0.15) is 24.3 Å². The van der Waals surface area contributed by atoms with E-state index < -0.39 is 29.6 Å². The Labute approximate surface area is 192 Å². The van der Waals surface area contributed by atoms with Crippen LogP contribution in [0.3, 0.4) is 0 Å². The molecule has 2 aromatic rings. The Kier molecular flexibility index (Phi) is 7.76. The number of benzene rings is 2. The van der Waals surface area contributed by atoms with Gasteiger partial charge < -0.3 is 14.4 Å². The van der Waals surface area contributed by atoms with E-state index in [1.807, 2.05) is 0 Å². The second-order valence-corrected chi connectivity index (χ2v) is 7.78. The Morgan fingerprint density at radius 3 is 2.70 bits per heavy atom. The summed E-state index contributed by atoms with van der Waals surface area (Å²) < 4.78 is 63.9. The Hall–Kier alpha value is -2.91. The molecule has 0 aromatic heterocycles. The van der Waals surface area contributed by atoms with Gasteiger partial charge in [-0.2, -0.15) is 13.2 Å². The minimum absolute atomic E-state index is 0.0472. The van der Waals surface area contributed by atoms with Crippen molar-refractivity contribution in [3.8, 4) is 5.75 Å². The molecule has 0 bridgehead atoms. The second-order valence-electron chi connectivity index (χ2n) is 7.35. The Morgan fingerprint density at radius 1 is 1.24 bits per heavy atom. The van der Waals surface area contributed by atoms with Gasteiger partial charge in [0.2, 0.25) is 5.91 Å². The van der Waals surface area contributed by atoms with E-state index in [0.717, 1.165) is 24.3 Å². The van der Waals surface area contributed by atoms with Crippen LogP contribution in [0.15, 0.2) is 42.5 Å². The smallest absolute Gasteiger partial charge is 0.417 e. The number of amides is 1. The number of hydrogen-bond donors (Lipinski definition) is 0. The first-order valence-corrected chi connectivity index (χ1v) is 10.3. The van der Waals surface area contributed by atoms with Gasteiger partial charge in [0, 0.05) is 17.6 Å². The van der Waals surface area contributed by atoms with Crippen molar-refractivity contribution >= 4 is 29.4 Å². The number of ether oxygens (including phenoxy) is 2. The quantitative estimate of drug-likeness (QED) is 0.327. The van der Waals surface area contributed by atoms with Crippen LogP contribution in [0.4, 0.5) is 17.6 Å². The topological polar surface area (TPSA) is 55.8 Å². The van der Waals surface area contributed by atoms with Crippen molar-refractivity contribution in [3.05, 3.63) is 70.0 Å². The van der Waals surface area contributed by atoms with Crippen LogP contribution in [0, 0.1) is 5.82 Å². The van der Waals surface area contributed by atoms with Crippen LogP contribution < -0.4 is 4.74 Å². The molecule has 33 heavy (non-hydrogen) atoms. The molecule has 1 heterocycles. The lowest BCUT2D eigenvalue weighted by Gasteiger charge is -2.32. The van der Waals surface area contributed by atoms with Gasteiger partial charge in [-0.05, 0) is 48.9 Å². The molecule has 0 saturated carbocycles. The first-order chi connectivity index (χ1) is 15.5. The third kappa shape index (κ3) is 6.55. The van der Waals surface area contributed by atoms with Crippen molar-refractivity contribution < 1.29 is 36.6 Å². The molecule has 1 aliphatic heterocycles. The maximum Gasteiger partial charge on any atom is 0.417 e. The molecule has 2 aromatic carbocycles. The third-order valence-electron chi connectivity index (χ3n) is 4.92. The van der Waals surface area contributed by atoms with E-state index in [-0.39, 0.29) is 37.6 Å². The van der Waals surface area contributed by atoms with Crippen LogP contribution in [0.25, 0.3) is 6.08 Å². The number of rotatable bonds is 6. The summed E-state index contributed by atoms with van der Waals surface area (Å²) in [5.74, 6) is -1.43. The van der Waals surface area contributed by atoms with Crippen LogP contribution in [0.2, 0.25) is 5.02 Å². The summed E-state index contributed by atoms with van der Waals surface area (Å²) in [4.78, 5) is 25.7. The van der Waals surface area contributed by atoms with Crippen molar-refractivity contribution in [2.24, 2.45) is 0 Å². The molecule has 0 radical (unpaired) electrons. The van der Waals surface area contributed by atoms with Crippen molar-refractivity contribution in [1.29, 1.82) is 0 Å². The molecule has 1 saturated heterocycles. The van der Waals surface area contributed by atoms with Crippen molar-refractivity contribution in [2.75, 3.05) is 26.3 Å². The second kappa shape index (κ2) is 10.4. The lowest BCUT2D eigenvalue weighted by Crippen LogP contribution is -2.47. The van der Waals surface area contributed by atoms with E-state index >= 15 is 0 Å². The normalized spacial score (nSPS) is 16.8. The number of morpholine rings is 1. The average molecular weight is 486 g/mol. The average Bonchev–Trinajstić information content (AvgIpc) is 2.76. The highest BCUT2D eigenvalue weighted by Gasteiger charge is 2.33. The zero-order valence-corrected chi connectivity index (χ0v) is 18.3. The highest BCUT2D eigenvalue weighted by molar-refractivity contribution is 6.31. The number of hydrogen-bond acceptors (Lipinski definition) is 4. The molecule has 1 atom stereocenters. The molecule has 1 unspecified atom stereocenters. The zero-order chi connectivity index (χ0) is 24.2. The highest BCUT2D eigenvalue weighted by atomic mass is 35.5. The van der Waals surface area contributed by atoms with Gasteiger partial charge in [-0.15, -0.1) is 0 Å². The molecule has 5 nitrogen and oxygen atoms in total. The first-order valence-electron chi connectivity index (χ1n) is 9.93. The summed E-state index contributed by atoms with van der Waals surface area (Å²) >= 11 is 5.92. The van der Waals surface area contributed by atoms with Gasteiger partial charge in [0.05, 0.1) is 24.3 Å². The minimum Gasteiger partial charge on any atom is -0.490 e. The van der Waals surface area contributed by atoms with Crippen LogP contribution in [-0.2, 0) is 15.7 Å². The van der Waals surface area contributed by atoms with Gasteiger partial charge in [0.25, 0.3) is 0 Å². The van der Waals surface area contributed by atoms with Crippen molar-refractivity contribution in [1.82, 2.24) is 4.90 Å². The zero-order valence-electron chi connectivity index (χ0n) is 17.5. The van der Waals surface area contributed by atoms with Gasteiger partial charge in [-0.25, -0.2) is 4.39 Å². The highest BCUT2D eigenvalue weighted by Crippen LogP contribution is 2.33. The fourth-order valence-corrected chi connectivity index (χ4v) is 3.46. The van der Waals surface area contributed by atoms with Crippen molar-refractivity contribution in [3.63, 3.8) is 0 Å². The summed E-state index contributed by atoms with van der Waals surface area (Å²) in [5, 5.41) is 0.389. The van der Waals surface area contributed by atoms with Gasteiger partial charge in [0.15, 0.2) is 5.78 Å². The fourth-order valence-electron chi connectivity index (χ4n) is 3.29. The van der Waals surface area contributed by atoms with E-state index in [1.54, 1.807) is 12.1 Å². The monoisotopic (exact) mass is 485 g/mol. The van der Waals surface area contributed by atoms with E-state index in [4.69, 9.17) is 21.1 Å². The van der Waals surface area contributed by atoms with Crippen molar-refractivity contribution in [2.45, 2.75) is 19.2 Å². The van der Waals surface area contributed by atoms with Gasteiger partial charge >= 0.3 is 6.18 Å². The predicted octanol–water partition coefficient (Wildman–Crippen LogP) is 5.02. The Bertz CT molecular complexity index is 1070. The molecular formula is C23H20ClF4NO4. The number of halogens is 5. The fraction of sp³-hybridized carbons (Fsp3) is 0.304. The number of carbonyl (C=O) groups is 2. The van der Waals surface area contributed by atoms with Crippen LogP contribution >= 0.6 is 11.6 Å². The lowest BCUT2D eigenvalue weighted by atomic mass is 10.1. The van der Waals surface area contributed by atoms with E-state index in [0.29, 0.717) is 22.4 Å². The van der Waals surface area contributed by atoms with E-state index in [2.05, 4.69) is 0 Å². The molecular weight excluding hydrogens is 466 g/mol. The van der Waals surface area contributed by atoms with Crippen LogP contribution in [0.5, 0.6) is 5.75 Å². The molecule has 176 valence electrons. The number of nitrogens with zero attached hydrogens (tertiary/aromatic N) is 1. The molecule has 3 rings (SSSR count). The lowest BCUT2D eigenvalue weighted by molar-refractivity contribution is -0.138. The van der Waals surface area contributed by atoms with E-state index in [1.165, 1.54) is 17.9 Å². The summed E-state index contributed by atoms with van der Waals surface area (Å²) in [7, 11) is 0. The van der Waals surface area contributed by atoms with Gasteiger partial charge in [-0.3, -0.25) is 9.59 Å². The number of alkyl halides is 3.